The number of fused-ring (bicyclic) bond motifs is 1. The van der Waals surface area contributed by atoms with Gasteiger partial charge in [0, 0.05) is 29.1 Å². The molecule has 0 bridgehead atoms. The van der Waals surface area contributed by atoms with Crippen LogP contribution in [0.4, 0.5) is 24.8 Å². The zero-order chi connectivity index (χ0) is 25.1. The standard InChI is InChI=1S/C25H23F3N6O2/c26-25(27,28)36-20-9-5-16(6-10-20)21-2-1-15-34-22(21)32-24(33-34)31-18-7-3-17(4-8-18)23(35)30-19-11-13-29-14-12-19/h1-10,15,19,29H,11-14H2,(H,30,35)(H,31,33). The van der Waals surface area contributed by atoms with Gasteiger partial charge in [-0.25, -0.2) is 4.52 Å². The highest BCUT2D eigenvalue weighted by Gasteiger charge is 2.31. The molecule has 4 aromatic rings. The Morgan fingerprint density at radius 2 is 1.75 bits per heavy atom. The third-order valence-corrected chi connectivity index (χ3v) is 5.84. The average molecular weight is 496 g/mol. The van der Waals surface area contributed by atoms with Crippen LogP contribution in [0.3, 0.4) is 0 Å². The van der Waals surface area contributed by atoms with Gasteiger partial charge in [0.05, 0.1) is 0 Å². The van der Waals surface area contributed by atoms with Gasteiger partial charge in [-0.1, -0.05) is 12.1 Å². The summed E-state index contributed by atoms with van der Waals surface area (Å²) in [6, 6.07) is 16.4. The third-order valence-electron chi connectivity index (χ3n) is 5.84. The molecule has 1 fully saturated rings. The van der Waals surface area contributed by atoms with Gasteiger partial charge in [-0.2, -0.15) is 4.98 Å². The maximum atomic E-state index is 12.5. The Bertz CT molecular complexity index is 1350. The van der Waals surface area contributed by atoms with Gasteiger partial charge in [0.15, 0.2) is 5.65 Å². The van der Waals surface area contributed by atoms with Gasteiger partial charge in [0.2, 0.25) is 5.95 Å². The van der Waals surface area contributed by atoms with E-state index in [-0.39, 0.29) is 17.7 Å². The predicted octanol–water partition coefficient (Wildman–Crippen LogP) is 4.52. The molecule has 0 saturated carbocycles. The molecule has 8 nitrogen and oxygen atoms in total. The Kier molecular flexibility index (Phi) is 6.47. The number of amides is 1. The molecule has 0 spiro atoms. The number of piperidine rings is 1. The van der Waals surface area contributed by atoms with E-state index in [0.29, 0.717) is 34.0 Å². The number of rotatable bonds is 6. The van der Waals surface area contributed by atoms with E-state index < -0.39 is 6.36 Å². The fourth-order valence-electron chi connectivity index (χ4n) is 4.09. The lowest BCUT2D eigenvalue weighted by atomic mass is 10.1. The van der Waals surface area contributed by atoms with Crippen molar-refractivity contribution in [3.63, 3.8) is 0 Å². The van der Waals surface area contributed by atoms with Crippen LogP contribution in [0.2, 0.25) is 0 Å². The summed E-state index contributed by atoms with van der Waals surface area (Å²) in [5, 5.41) is 13.9. The number of hydrogen-bond acceptors (Lipinski definition) is 6. The molecule has 1 aliphatic heterocycles. The second-order valence-corrected chi connectivity index (χ2v) is 8.40. The second-order valence-electron chi connectivity index (χ2n) is 8.40. The number of benzene rings is 2. The van der Waals surface area contributed by atoms with Gasteiger partial charge in [0.1, 0.15) is 5.75 Å². The van der Waals surface area contributed by atoms with E-state index >= 15 is 0 Å². The third kappa shape index (κ3) is 5.57. The topological polar surface area (TPSA) is 92.6 Å². The van der Waals surface area contributed by atoms with E-state index in [2.05, 4.69) is 30.8 Å². The van der Waals surface area contributed by atoms with Gasteiger partial charge < -0.3 is 20.7 Å². The van der Waals surface area contributed by atoms with Crippen LogP contribution in [0.15, 0.2) is 66.9 Å². The van der Waals surface area contributed by atoms with Crippen LogP contribution in [0.1, 0.15) is 23.2 Å². The van der Waals surface area contributed by atoms with Crippen molar-refractivity contribution in [2.75, 3.05) is 18.4 Å². The van der Waals surface area contributed by atoms with Gasteiger partial charge in [-0.3, -0.25) is 4.79 Å². The molecule has 36 heavy (non-hydrogen) atoms. The second kappa shape index (κ2) is 9.86. The lowest BCUT2D eigenvalue weighted by Gasteiger charge is -2.23. The Morgan fingerprint density at radius 1 is 1.03 bits per heavy atom. The summed E-state index contributed by atoms with van der Waals surface area (Å²) in [7, 11) is 0. The Hall–Kier alpha value is -4.12. The molecule has 5 rings (SSSR count). The van der Waals surface area contributed by atoms with Crippen LogP contribution in [-0.2, 0) is 0 Å². The maximum Gasteiger partial charge on any atom is 0.573 e. The van der Waals surface area contributed by atoms with Crippen LogP contribution in [-0.4, -0.2) is 46.0 Å². The number of aromatic nitrogens is 3. The molecule has 11 heteroatoms. The minimum absolute atomic E-state index is 0.101. The van der Waals surface area contributed by atoms with Crippen LogP contribution in [0.5, 0.6) is 5.75 Å². The Morgan fingerprint density at radius 3 is 2.44 bits per heavy atom. The number of carbonyl (C=O) groups is 1. The van der Waals surface area contributed by atoms with Gasteiger partial charge in [-0.05, 0) is 80.0 Å². The number of nitrogens with one attached hydrogen (secondary N) is 3. The van der Waals surface area contributed by atoms with E-state index in [1.807, 2.05) is 6.07 Å². The van der Waals surface area contributed by atoms with E-state index in [0.717, 1.165) is 25.9 Å². The molecule has 0 atom stereocenters. The van der Waals surface area contributed by atoms with E-state index in [9.17, 15) is 18.0 Å². The summed E-state index contributed by atoms with van der Waals surface area (Å²) in [6.07, 6.45) is -1.19. The summed E-state index contributed by atoms with van der Waals surface area (Å²) < 4.78 is 42.8. The van der Waals surface area contributed by atoms with Crippen LogP contribution in [0.25, 0.3) is 16.8 Å². The normalized spacial score (nSPS) is 14.5. The Balaban J connectivity index is 1.29. The van der Waals surface area contributed by atoms with Crippen molar-refractivity contribution in [1.29, 1.82) is 0 Å². The molecular formula is C25H23F3N6O2. The van der Waals surface area contributed by atoms with Crippen molar-refractivity contribution in [1.82, 2.24) is 25.2 Å². The van der Waals surface area contributed by atoms with Crippen LogP contribution in [0, 0.1) is 0 Å². The molecule has 3 heterocycles. The number of hydrogen-bond donors (Lipinski definition) is 3. The Labute approximate surface area is 204 Å². The summed E-state index contributed by atoms with van der Waals surface area (Å²) in [5.41, 5.74) is 3.17. The minimum atomic E-state index is -4.75. The molecule has 186 valence electrons. The van der Waals surface area contributed by atoms with Gasteiger partial charge in [-0.15, -0.1) is 18.3 Å². The molecule has 2 aromatic carbocycles. The number of ether oxygens (including phenoxy) is 1. The lowest BCUT2D eigenvalue weighted by Crippen LogP contribution is -2.42. The quantitative estimate of drug-likeness (QED) is 0.364. The number of halogens is 3. The summed E-state index contributed by atoms with van der Waals surface area (Å²) in [6.45, 7) is 1.80. The summed E-state index contributed by atoms with van der Waals surface area (Å²) in [5.74, 6) is -0.0584. The van der Waals surface area contributed by atoms with Crippen molar-refractivity contribution in [3.05, 3.63) is 72.4 Å². The van der Waals surface area contributed by atoms with Crippen molar-refractivity contribution in [2.24, 2.45) is 0 Å². The SMILES string of the molecule is O=C(NC1CCNCC1)c1ccc(Nc2nc3c(-c4ccc(OC(F)(F)F)cc4)cccn3n2)cc1. The number of carbonyl (C=O) groups excluding carboxylic acids is 1. The predicted molar refractivity (Wildman–Crippen MR) is 128 cm³/mol. The molecule has 0 aliphatic carbocycles. The summed E-state index contributed by atoms with van der Waals surface area (Å²) in [4.78, 5) is 17.1. The number of nitrogens with zero attached hydrogens (tertiary/aromatic N) is 3. The van der Waals surface area contributed by atoms with E-state index in [4.69, 9.17) is 0 Å². The first-order chi connectivity index (χ1) is 17.3. The smallest absolute Gasteiger partial charge is 0.406 e. The van der Waals surface area contributed by atoms with E-state index in [1.165, 1.54) is 24.3 Å². The molecule has 3 N–H and O–H groups in total. The van der Waals surface area contributed by atoms with Crippen molar-refractivity contribution in [3.8, 4) is 16.9 Å². The number of pyridine rings is 1. The van der Waals surface area contributed by atoms with E-state index in [1.54, 1.807) is 41.0 Å². The maximum absolute atomic E-state index is 12.5. The minimum Gasteiger partial charge on any atom is -0.406 e. The number of alkyl halides is 3. The molecule has 1 aliphatic rings. The highest BCUT2D eigenvalue weighted by molar-refractivity contribution is 5.94. The fourth-order valence-corrected chi connectivity index (χ4v) is 4.09. The molecule has 1 saturated heterocycles. The first kappa shape index (κ1) is 23.6. The van der Waals surface area contributed by atoms with Crippen LogP contribution < -0.4 is 20.7 Å². The van der Waals surface area contributed by atoms with Crippen molar-refractivity contribution >= 4 is 23.2 Å². The largest absolute Gasteiger partial charge is 0.573 e. The average Bonchev–Trinajstić information content (AvgIpc) is 3.27. The lowest BCUT2D eigenvalue weighted by molar-refractivity contribution is -0.274. The van der Waals surface area contributed by atoms with Gasteiger partial charge in [0.25, 0.3) is 5.91 Å². The fraction of sp³-hybridized carbons (Fsp3) is 0.240. The first-order valence-electron chi connectivity index (χ1n) is 11.4. The molecule has 1 amide bonds. The van der Waals surface area contributed by atoms with Crippen molar-refractivity contribution < 1.29 is 22.7 Å². The van der Waals surface area contributed by atoms with Crippen LogP contribution >= 0.6 is 0 Å². The van der Waals surface area contributed by atoms with Gasteiger partial charge >= 0.3 is 6.36 Å². The summed E-state index contributed by atoms with van der Waals surface area (Å²) >= 11 is 0. The van der Waals surface area contributed by atoms with Crippen molar-refractivity contribution in [2.45, 2.75) is 25.2 Å². The number of anilines is 2. The molecule has 0 unspecified atom stereocenters. The molecule has 2 aromatic heterocycles. The highest BCUT2D eigenvalue weighted by atomic mass is 19.4. The zero-order valence-corrected chi connectivity index (χ0v) is 19.0. The monoisotopic (exact) mass is 496 g/mol. The molecule has 0 radical (unpaired) electrons. The zero-order valence-electron chi connectivity index (χ0n) is 19.0. The highest BCUT2D eigenvalue weighted by Crippen LogP contribution is 2.29. The first-order valence-corrected chi connectivity index (χ1v) is 11.4. The molecular weight excluding hydrogens is 473 g/mol.